The summed E-state index contributed by atoms with van der Waals surface area (Å²) in [7, 11) is 0. The van der Waals surface area contributed by atoms with Crippen molar-refractivity contribution in [2.45, 2.75) is 55.9 Å². The van der Waals surface area contributed by atoms with Crippen LogP contribution in [0, 0.1) is 11.6 Å². The van der Waals surface area contributed by atoms with Gasteiger partial charge in [0.15, 0.2) is 5.69 Å². The SMILES string of the molecule is O=C(c1cc(-c2cccnc2)n(-c2ccc(F)c(C(F)(F)F)c2)n1)N1C2CCCC1CC1(C2)C(=O)NCN1c1ccc(F)cc1. The maximum absolute atomic E-state index is 14.2. The zero-order valence-corrected chi connectivity index (χ0v) is 23.8. The predicted octanol–water partition coefficient (Wildman–Crippen LogP) is 5.72. The highest BCUT2D eigenvalue weighted by Gasteiger charge is 2.57. The number of rotatable bonds is 4. The number of hydrogen-bond acceptors (Lipinski definition) is 5. The monoisotopic (exact) mass is 622 g/mol. The van der Waals surface area contributed by atoms with E-state index in [0.717, 1.165) is 12.5 Å². The molecule has 2 bridgehead atoms. The van der Waals surface area contributed by atoms with Crippen LogP contribution in [0.3, 0.4) is 0 Å². The largest absolute Gasteiger partial charge is 0.419 e. The van der Waals surface area contributed by atoms with Gasteiger partial charge in [-0.1, -0.05) is 0 Å². The van der Waals surface area contributed by atoms with Crippen molar-refractivity contribution in [1.82, 2.24) is 25.0 Å². The highest BCUT2D eigenvalue weighted by Crippen LogP contribution is 2.46. The van der Waals surface area contributed by atoms with Crippen LogP contribution in [0.15, 0.2) is 73.1 Å². The molecule has 0 radical (unpaired) electrons. The number of pyridine rings is 1. The van der Waals surface area contributed by atoms with Gasteiger partial charge in [0.05, 0.1) is 23.6 Å². The van der Waals surface area contributed by atoms with Crippen LogP contribution in [0.25, 0.3) is 16.9 Å². The third-order valence-corrected chi connectivity index (χ3v) is 9.10. The summed E-state index contributed by atoms with van der Waals surface area (Å²) in [6.07, 6.45) is 0.958. The van der Waals surface area contributed by atoms with Crippen LogP contribution in [0.2, 0.25) is 0 Å². The lowest BCUT2D eigenvalue weighted by Gasteiger charge is -2.54. The number of nitrogens with zero attached hydrogens (tertiary/aromatic N) is 5. The average Bonchev–Trinajstić information content (AvgIpc) is 3.59. The molecule has 8 nitrogen and oxygen atoms in total. The number of benzene rings is 2. The summed E-state index contributed by atoms with van der Waals surface area (Å²) in [6, 6.07) is 12.7. The molecule has 45 heavy (non-hydrogen) atoms. The first-order chi connectivity index (χ1) is 21.5. The first-order valence-corrected chi connectivity index (χ1v) is 14.6. The molecular weight excluding hydrogens is 595 g/mol. The lowest BCUT2D eigenvalue weighted by Crippen LogP contribution is -2.65. The highest BCUT2D eigenvalue weighted by molar-refractivity contribution is 5.96. The summed E-state index contributed by atoms with van der Waals surface area (Å²) in [5.74, 6) is -2.36. The van der Waals surface area contributed by atoms with Crippen LogP contribution < -0.4 is 10.2 Å². The van der Waals surface area contributed by atoms with Crippen LogP contribution in [0.4, 0.5) is 27.6 Å². The molecule has 232 valence electrons. The molecule has 2 amide bonds. The van der Waals surface area contributed by atoms with E-state index in [0.29, 0.717) is 48.7 Å². The van der Waals surface area contributed by atoms with Gasteiger partial charge in [-0.05, 0) is 79.9 Å². The Kier molecular flexibility index (Phi) is 6.86. The van der Waals surface area contributed by atoms with E-state index in [1.165, 1.54) is 41.3 Å². The minimum absolute atomic E-state index is 0.00542. The number of amides is 2. The van der Waals surface area contributed by atoms with Gasteiger partial charge in [-0.25, -0.2) is 13.5 Å². The smallest absolute Gasteiger partial charge is 0.339 e. The van der Waals surface area contributed by atoms with E-state index >= 15 is 0 Å². The van der Waals surface area contributed by atoms with Gasteiger partial charge in [0.25, 0.3) is 5.91 Å². The lowest BCUT2D eigenvalue weighted by molar-refractivity contribution is -0.140. The number of anilines is 1. The number of halogens is 5. The van der Waals surface area contributed by atoms with Gasteiger partial charge in [0, 0.05) is 48.6 Å². The normalized spacial score (nSPS) is 23.0. The minimum atomic E-state index is -4.93. The zero-order chi connectivity index (χ0) is 31.5. The standard InChI is InChI=1S/C32H27F5N6O2/c33-20-6-8-21(9-7-20)41-18-39-30(45)31(41)15-23-4-1-5-24(16-31)42(23)29(44)27-14-28(19-3-2-12-38-17-19)43(40-27)22-10-11-26(34)25(13-22)32(35,36)37/h2-3,6-14,17,23-24H,1,4-5,15-16,18H2,(H,39,45). The molecule has 7 rings (SSSR count). The number of hydrogen-bond donors (Lipinski definition) is 1. The van der Waals surface area contributed by atoms with E-state index in [-0.39, 0.29) is 41.9 Å². The van der Waals surface area contributed by atoms with E-state index in [4.69, 9.17) is 0 Å². The maximum Gasteiger partial charge on any atom is 0.419 e. The Bertz CT molecular complexity index is 1760. The van der Waals surface area contributed by atoms with Crippen molar-refractivity contribution in [3.63, 3.8) is 0 Å². The number of alkyl halides is 3. The van der Waals surface area contributed by atoms with Crippen LogP contribution >= 0.6 is 0 Å². The fourth-order valence-corrected chi connectivity index (χ4v) is 7.11. The Morgan fingerprint density at radius 2 is 1.67 bits per heavy atom. The summed E-state index contributed by atoms with van der Waals surface area (Å²) in [4.78, 5) is 35.4. The molecule has 0 saturated carbocycles. The molecule has 2 aromatic heterocycles. The maximum atomic E-state index is 14.2. The van der Waals surface area contributed by atoms with E-state index in [1.807, 2.05) is 4.90 Å². The van der Waals surface area contributed by atoms with Crippen molar-refractivity contribution in [2.24, 2.45) is 0 Å². The quantitative estimate of drug-likeness (QED) is 0.295. The second kappa shape index (κ2) is 10.7. The zero-order valence-electron chi connectivity index (χ0n) is 23.8. The predicted molar refractivity (Wildman–Crippen MR) is 153 cm³/mol. The molecule has 13 heteroatoms. The van der Waals surface area contributed by atoms with Gasteiger partial charge in [0.2, 0.25) is 5.91 Å². The number of carbonyl (C=O) groups excluding carboxylic acids is 2. The van der Waals surface area contributed by atoms with Gasteiger partial charge in [0.1, 0.15) is 17.2 Å². The Labute approximate surface area is 254 Å². The Balaban J connectivity index is 1.26. The third-order valence-electron chi connectivity index (χ3n) is 9.10. The molecule has 4 aromatic rings. The molecule has 1 spiro atoms. The second-order valence-corrected chi connectivity index (χ2v) is 11.7. The summed E-state index contributed by atoms with van der Waals surface area (Å²) in [5.41, 5.74) is -0.934. The first kappa shape index (κ1) is 28.9. The highest BCUT2D eigenvalue weighted by atomic mass is 19.4. The number of piperidine rings is 2. The number of carbonyl (C=O) groups is 2. The fourth-order valence-electron chi connectivity index (χ4n) is 7.11. The number of aromatic nitrogens is 3. The summed E-state index contributed by atoms with van der Waals surface area (Å²) in [6.45, 7) is 0.258. The molecule has 5 heterocycles. The Morgan fingerprint density at radius 1 is 0.956 bits per heavy atom. The number of nitrogens with one attached hydrogen (secondary N) is 1. The van der Waals surface area contributed by atoms with Gasteiger partial charge in [-0.3, -0.25) is 14.6 Å². The van der Waals surface area contributed by atoms with Gasteiger partial charge in [-0.15, -0.1) is 0 Å². The molecule has 1 N–H and O–H groups in total. The molecule has 3 aliphatic heterocycles. The van der Waals surface area contributed by atoms with Gasteiger partial charge >= 0.3 is 6.18 Å². The van der Waals surface area contributed by atoms with Crippen molar-refractivity contribution in [3.8, 4) is 16.9 Å². The molecular formula is C32H27F5N6O2. The molecule has 3 fully saturated rings. The minimum Gasteiger partial charge on any atom is -0.339 e. The average molecular weight is 623 g/mol. The Morgan fingerprint density at radius 3 is 2.33 bits per heavy atom. The molecule has 0 aliphatic carbocycles. The van der Waals surface area contributed by atoms with E-state index in [9.17, 15) is 31.5 Å². The van der Waals surface area contributed by atoms with Crippen LogP contribution in [0.1, 0.15) is 48.2 Å². The first-order valence-electron chi connectivity index (χ1n) is 14.6. The van der Waals surface area contributed by atoms with Crippen LogP contribution in [-0.4, -0.2) is 55.8 Å². The van der Waals surface area contributed by atoms with Crippen molar-refractivity contribution in [1.29, 1.82) is 0 Å². The molecule has 3 aliphatic rings. The van der Waals surface area contributed by atoms with Crippen molar-refractivity contribution in [3.05, 3.63) is 95.9 Å². The van der Waals surface area contributed by atoms with Crippen molar-refractivity contribution < 1.29 is 31.5 Å². The van der Waals surface area contributed by atoms with Gasteiger partial charge < -0.3 is 15.1 Å². The Hall–Kier alpha value is -4.81. The van der Waals surface area contributed by atoms with Crippen LogP contribution in [0.5, 0.6) is 0 Å². The fraction of sp³-hybridized carbons (Fsp3) is 0.312. The second-order valence-electron chi connectivity index (χ2n) is 11.7. The van der Waals surface area contributed by atoms with E-state index in [2.05, 4.69) is 15.4 Å². The third kappa shape index (κ3) is 4.90. The molecule has 2 unspecified atom stereocenters. The molecule has 2 aromatic carbocycles. The summed E-state index contributed by atoms with van der Waals surface area (Å²) in [5, 5.41) is 7.41. The molecule has 2 atom stereocenters. The van der Waals surface area contributed by atoms with Gasteiger partial charge in [-0.2, -0.15) is 18.3 Å². The van der Waals surface area contributed by atoms with E-state index < -0.39 is 29.0 Å². The van der Waals surface area contributed by atoms with Crippen molar-refractivity contribution in [2.75, 3.05) is 11.6 Å². The van der Waals surface area contributed by atoms with Crippen LogP contribution in [-0.2, 0) is 11.0 Å². The topological polar surface area (TPSA) is 83.4 Å². The molecule has 3 saturated heterocycles. The number of fused-ring (bicyclic) bond motifs is 2. The van der Waals surface area contributed by atoms with E-state index in [1.54, 1.807) is 29.2 Å². The summed E-state index contributed by atoms with van der Waals surface area (Å²) < 4.78 is 69.8. The lowest BCUT2D eigenvalue weighted by atomic mass is 9.72. The van der Waals surface area contributed by atoms with Crippen molar-refractivity contribution >= 4 is 17.5 Å². The summed E-state index contributed by atoms with van der Waals surface area (Å²) >= 11 is 0.